The summed E-state index contributed by atoms with van der Waals surface area (Å²) in [5, 5.41) is 13.1. The molecule has 1 aliphatic heterocycles. The molecule has 0 spiro atoms. The Morgan fingerprint density at radius 2 is 1.91 bits per heavy atom. The Bertz CT molecular complexity index is 1200. The molecule has 1 unspecified atom stereocenters. The van der Waals surface area contributed by atoms with Crippen LogP contribution in [0.4, 0.5) is 0 Å². The van der Waals surface area contributed by atoms with Crippen molar-refractivity contribution in [3.05, 3.63) is 77.2 Å². The van der Waals surface area contributed by atoms with E-state index in [1.54, 1.807) is 0 Å². The zero-order chi connectivity index (χ0) is 22.6. The van der Waals surface area contributed by atoms with Crippen molar-refractivity contribution >= 4 is 27.3 Å². The molecule has 0 saturated heterocycles. The first-order valence-electron chi connectivity index (χ1n) is 11.2. The van der Waals surface area contributed by atoms with Crippen molar-refractivity contribution in [1.82, 2.24) is 25.0 Å². The van der Waals surface area contributed by atoms with Crippen molar-refractivity contribution in [3.63, 3.8) is 0 Å². The van der Waals surface area contributed by atoms with Crippen LogP contribution in [0.5, 0.6) is 5.75 Å². The minimum atomic E-state index is -0.243. The van der Waals surface area contributed by atoms with Crippen LogP contribution in [0, 0.1) is 0 Å². The number of para-hydroxylation sites is 1. The minimum Gasteiger partial charge on any atom is -0.484 e. The average Bonchev–Trinajstić information content (AvgIpc) is 3.38. The quantitative estimate of drug-likeness (QED) is 0.453. The Morgan fingerprint density at radius 3 is 2.76 bits per heavy atom. The highest BCUT2D eigenvalue weighted by Gasteiger charge is 2.23. The van der Waals surface area contributed by atoms with Gasteiger partial charge in [0.15, 0.2) is 12.4 Å². The molecule has 1 atom stereocenters. The monoisotopic (exact) mass is 461 g/mol. The van der Waals surface area contributed by atoms with Crippen LogP contribution in [-0.2, 0) is 24.3 Å². The van der Waals surface area contributed by atoms with Crippen LogP contribution in [0.25, 0.3) is 10.1 Å². The van der Waals surface area contributed by atoms with Crippen LogP contribution >= 0.6 is 11.3 Å². The number of hydrogen-bond acceptors (Lipinski definition) is 6. The predicted molar refractivity (Wildman–Crippen MR) is 129 cm³/mol. The predicted octanol–water partition coefficient (Wildman–Crippen LogP) is 3.81. The van der Waals surface area contributed by atoms with Gasteiger partial charge in [0, 0.05) is 42.2 Å². The number of hydrogen-bond donors (Lipinski definition) is 1. The maximum Gasteiger partial charge on any atom is 0.258 e. The highest BCUT2D eigenvalue weighted by molar-refractivity contribution is 7.19. The van der Waals surface area contributed by atoms with Crippen molar-refractivity contribution in [1.29, 1.82) is 0 Å². The number of thiophene rings is 1. The van der Waals surface area contributed by atoms with Crippen LogP contribution < -0.4 is 10.1 Å². The van der Waals surface area contributed by atoms with E-state index in [9.17, 15) is 4.79 Å². The highest BCUT2D eigenvalue weighted by Crippen LogP contribution is 2.27. The smallest absolute Gasteiger partial charge is 0.258 e. The van der Waals surface area contributed by atoms with Crippen molar-refractivity contribution in [3.8, 4) is 5.75 Å². The molecule has 0 radical (unpaired) electrons. The van der Waals surface area contributed by atoms with Gasteiger partial charge in [0.2, 0.25) is 0 Å². The van der Waals surface area contributed by atoms with E-state index >= 15 is 0 Å². The molecule has 170 valence electrons. The zero-order valence-corrected chi connectivity index (χ0v) is 19.4. The summed E-state index contributed by atoms with van der Waals surface area (Å²) in [4.78, 5) is 16.2. The molecule has 2 aromatic carbocycles. The molecule has 8 heteroatoms. The number of fused-ring (bicyclic) bond motifs is 2. The summed E-state index contributed by atoms with van der Waals surface area (Å²) in [6, 6.07) is 19.9. The third kappa shape index (κ3) is 5.07. The Balaban J connectivity index is 1.18. The normalized spacial score (nSPS) is 15.1. The Kier molecular flexibility index (Phi) is 6.37. The molecule has 0 saturated carbocycles. The topological polar surface area (TPSA) is 72.3 Å². The van der Waals surface area contributed by atoms with Crippen molar-refractivity contribution in [2.75, 3.05) is 19.7 Å². The van der Waals surface area contributed by atoms with Gasteiger partial charge < -0.3 is 14.6 Å². The molecule has 4 aromatic rings. The fraction of sp³-hybridized carbons (Fsp3) is 0.320. The van der Waals surface area contributed by atoms with Gasteiger partial charge in [-0.3, -0.25) is 9.69 Å². The van der Waals surface area contributed by atoms with Gasteiger partial charge in [0.25, 0.3) is 5.91 Å². The van der Waals surface area contributed by atoms with Gasteiger partial charge in [0.05, 0.1) is 6.04 Å². The molecule has 2 aromatic heterocycles. The third-order valence-electron chi connectivity index (χ3n) is 5.88. The maximum absolute atomic E-state index is 12.4. The van der Waals surface area contributed by atoms with E-state index in [0.29, 0.717) is 5.75 Å². The maximum atomic E-state index is 12.4. The van der Waals surface area contributed by atoms with Crippen LogP contribution in [0.1, 0.15) is 29.5 Å². The van der Waals surface area contributed by atoms with Gasteiger partial charge >= 0.3 is 0 Å². The van der Waals surface area contributed by atoms with E-state index in [0.717, 1.165) is 44.2 Å². The SMILES string of the molecule is CC(NC(=O)COc1ccccc1)c1nnc2n1CCN(Cc1cc3ccccc3s1)CC2. The Hall–Kier alpha value is -3.23. The number of carbonyl (C=O) groups is 1. The molecule has 0 bridgehead atoms. The molecule has 33 heavy (non-hydrogen) atoms. The largest absolute Gasteiger partial charge is 0.484 e. The molecule has 7 nitrogen and oxygen atoms in total. The van der Waals surface area contributed by atoms with Gasteiger partial charge in [-0.1, -0.05) is 36.4 Å². The van der Waals surface area contributed by atoms with Gasteiger partial charge in [-0.25, -0.2) is 0 Å². The van der Waals surface area contributed by atoms with Gasteiger partial charge in [-0.2, -0.15) is 0 Å². The highest BCUT2D eigenvalue weighted by atomic mass is 32.1. The number of aromatic nitrogens is 3. The zero-order valence-electron chi connectivity index (χ0n) is 18.6. The first kappa shape index (κ1) is 21.6. The lowest BCUT2D eigenvalue weighted by Gasteiger charge is -2.19. The number of benzene rings is 2. The Morgan fingerprint density at radius 1 is 1.09 bits per heavy atom. The second-order valence-corrected chi connectivity index (χ2v) is 9.46. The molecule has 0 fully saturated rings. The molecule has 0 aliphatic carbocycles. The van der Waals surface area contributed by atoms with Crippen molar-refractivity contribution in [2.24, 2.45) is 0 Å². The summed E-state index contributed by atoms with van der Waals surface area (Å²) in [7, 11) is 0. The second kappa shape index (κ2) is 9.72. The average molecular weight is 462 g/mol. The number of rotatable bonds is 7. The second-order valence-electron chi connectivity index (χ2n) is 8.29. The number of nitrogens with one attached hydrogen (secondary N) is 1. The summed E-state index contributed by atoms with van der Waals surface area (Å²) in [5.74, 6) is 2.27. The molecule has 5 rings (SSSR count). The van der Waals surface area contributed by atoms with Crippen LogP contribution in [0.2, 0.25) is 0 Å². The summed E-state index contributed by atoms with van der Waals surface area (Å²) in [6.45, 7) is 5.53. The summed E-state index contributed by atoms with van der Waals surface area (Å²) in [6.07, 6.45) is 0.843. The number of nitrogens with zero attached hydrogens (tertiary/aromatic N) is 4. The summed E-state index contributed by atoms with van der Waals surface area (Å²) in [5.41, 5.74) is 0. The minimum absolute atomic E-state index is 0.0295. The van der Waals surface area contributed by atoms with E-state index in [2.05, 4.69) is 55.3 Å². The molecular weight excluding hydrogens is 434 g/mol. The van der Waals surface area contributed by atoms with E-state index in [1.807, 2.05) is 48.6 Å². The van der Waals surface area contributed by atoms with E-state index < -0.39 is 0 Å². The molecule has 1 N–H and O–H groups in total. The summed E-state index contributed by atoms with van der Waals surface area (Å²) >= 11 is 1.87. The van der Waals surface area contributed by atoms with Gasteiger partial charge in [-0.15, -0.1) is 21.5 Å². The number of carbonyl (C=O) groups excluding carboxylic acids is 1. The lowest BCUT2D eigenvalue weighted by Crippen LogP contribution is -2.33. The fourth-order valence-electron chi connectivity index (χ4n) is 4.22. The van der Waals surface area contributed by atoms with E-state index in [4.69, 9.17) is 4.74 Å². The molecule has 1 amide bonds. The van der Waals surface area contributed by atoms with Crippen LogP contribution in [0.15, 0.2) is 60.7 Å². The molecule has 3 heterocycles. The van der Waals surface area contributed by atoms with Crippen molar-refractivity contribution < 1.29 is 9.53 Å². The van der Waals surface area contributed by atoms with Crippen LogP contribution in [0.3, 0.4) is 0 Å². The van der Waals surface area contributed by atoms with Gasteiger partial charge in [-0.05, 0) is 36.6 Å². The first-order valence-corrected chi connectivity index (χ1v) is 12.1. The summed E-state index contributed by atoms with van der Waals surface area (Å²) < 4.78 is 9.05. The molecular formula is C25H27N5O2S. The number of amides is 1. The van der Waals surface area contributed by atoms with Gasteiger partial charge in [0.1, 0.15) is 11.6 Å². The Labute approximate surface area is 197 Å². The number of ether oxygens (including phenoxy) is 1. The van der Waals surface area contributed by atoms with E-state index in [-0.39, 0.29) is 18.6 Å². The first-order chi connectivity index (χ1) is 16.2. The van der Waals surface area contributed by atoms with Crippen molar-refractivity contribution in [2.45, 2.75) is 32.5 Å². The van der Waals surface area contributed by atoms with Crippen LogP contribution in [-0.4, -0.2) is 45.3 Å². The lowest BCUT2D eigenvalue weighted by molar-refractivity contribution is -0.123. The fourth-order valence-corrected chi connectivity index (χ4v) is 5.32. The standard InChI is InChI=1S/C25H27N5O2S/c1-18(26-24(31)17-32-20-8-3-2-4-9-20)25-28-27-23-11-12-29(13-14-30(23)25)16-21-15-19-7-5-6-10-22(19)33-21/h2-10,15,18H,11-14,16-17H2,1H3,(H,26,31). The third-order valence-corrected chi connectivity index (χ3v) is 6.98. The molecule has 1 aliphatic rings. The van der Waals surface area contributed by atoms with E-state index in [1.165, 1.54) is 15.0 Å². The lowest BCUT2D eigenvalue weighted by atomic mass is 10.2.